The van der Waals surface area contributed by atoms with Crippen LogP contribution in [0.5, 0.6) is 11.5 Å². The molecule has 0 aromatic heterocycles. The Bertz CT molecular complexity index is 363. The Kier molecular flexibility index (Phi) is 9.56. The van der Waals surface area contributed by atoms with Crippen molar-refractivity contribution in [1.29, 1.82) is 0 Å². The minimum Gasteiger partial charge on any atom is -0.493 e. The number of anilines is 1. The molecule has 0 bridgehead atoms. The van der Waals surface area contributed by atoms with Crippen LogP contribution in [0.25, 0.3) is 0 Å². The molecule has 1 amide bonds. The van der Waals surface area contributed by atoms with Crippen molar-refractivity contribution in [2.75, 3.05) is 19.5 Å². The normalized spacial score (nSPS) is 8.41. The average molecular weight is 280 g/mol. The fraction of sp³-hybridized carbons (Fsp3) is 0.364. The molecule has 0 atom stereocenters. The third-order valence-electron chi connectivity index (χ3n) is 1.99. The molecular weight excluding hydrogens is 261 g/mol. The molecule has 5 nitrogen and oxygen atoms in total. The summed E-state index contributed by atoms with van der Waals surface area (Å²) >= 11 is 0. The summed E-state index contributed by atoms with van der Waals surface area (Å²) in [5.41, 5.74) is 0.708. The Morgan fingerprint density at radius 3 is 2.35 bits per heavy atom. The van der Waals surface area contributed by atoms with Crippen LogP contribution in [0.15, 0.2) is 18.2 Å². The second-order valence-electron chi connectivity index (χ2n) is 2.97. The second-order valence-corrected chi connectivity index (χ2v) is 2.97. The fourth-order valence-corrected chi connectivity index (χ4v) is 1.16. The van der Waals surface area contributed by atoms with Crippen molar-refractivity contribution in [3.63, 3.8) is 0 Å². The molecule has 0 heterocycles. The number of hydrogen-bond donors (Lipinski definition) is 1. The van der Waals surface area contributed by atoms with Crippen molar-refractivity contribution in [3.8, 4) is 11.5 Å². The van der Waals surface area contributed by atoms with Crippen molar-refractivity contribution in [1.82, 2.24) is 0 Å². The Morgan fingerprint density at radius 1 is 1.29 bits per heavy atom. The van der Waals surface area contributed by atoms with Gasteiger partial charge in [0, 0.05) is 38.2 Å². The number of carbonyl (C=O) groups is 1. The number of carbonyl (C=O) groups excluding carboxylic acids is 1. The molecule has 3 N–H and O–H groups in total. The van der Waals surface area contributed by atoms with E-state index >= 15 is 0 Å². The van der Waals surface area contributed by atoms with E-state index in [9.17, 15) is 4.79 Å². The van der Waals surface area contributed by atoms with Crippen LogP contribution >= 0.6 is 0 Å². The van der Waals surface area contributed by atoms with Crippen molar-refractivity contribution in [3.05, 3.63) is 18.2 Å². The van der Waals surface area contributed by atoms with Gasteiger partial charge in [0.25, 0.3) is 0 Å². The first-order valence-corrected chi connectivity index (χ1v) is 4.73. The summed E-state index contributed by atoms with van der Waals surface area (Å²) in [5, 5.41) is 2.74. The van der Waals surface area contributed by atoms with Crippen LogP contribution in [-0.2, 0) is 23.4 Å². The van der Waals surface area contributed by atoms with Crippen LogP contribution in [0.1, 0.15) is 14.8 Å². The number of methoxy groups -OCH3 is 2. The van der Waals surface area contributed by atoms with E-state index in [2.05, 4.69) is 5.32 Å². The third-order valence-corrected chi connectivity index (χ3v) is 1.99. The van der Waals surface area contributed by atoms with Gasteiger partial charge in [-0.05, 0) is 12.1 Å². The Labute approximate surface area is 114 Å². The molecule has 0 spiro atoms. The minimum absolute atomic E-state index is 0. The maximum atomic E-state index is 11.2. The Hall–Kier alpha value is -1.17. The van der Waals surface area contributed by atoms with E-state index in [1.807, 2.05) is 0 Å². The average Bonchev–Trinajstić information content (AvgIpc) is 2.28. The van der Waals surface area contributed by atoms with E-state index < -0.39 is 0 Å². The van der Waals surface area contributed by atoms with Crippen LogP contribution in [0.4, 0.5) is 5.69 Å². The van der Waals surface area contributed by atoms with Crippen molar-refractivity contribution < 1.29 is 39.7 Å². The number of benzene rings is 1. The van der Waals surface area contributed by atoms with E-state index in [4.69, 9.17) is 9.47 Å². The van der Waals surface area contributed by atoms with Crippen molar-refractivity contribution in [2.45, 2.75) is 13.3 Å². The zero-order valence-corrected chi connectivity index (χ0v) is 11.5. The maximum Gasteiger partial charge on any atom is 0.224 e. The molecular formula is C11H19NO4V. The van der Waals surface area contributed by atoms with Crippen LogP contribution in [0, 0.1) is 0 Å². The first kappa shape index (κ1) is 18.2. The summed E-state index contributed by atoms with van der Waals surface area (Å²) in [6.07, 6.45) is 0.453. The molecule has 1 aromatic carbocycles. The summed E-state index contributed by atoms with van der Waals surface area (Å²) < 4.78 is 10.2. The van der Waals surface area contributed by atoms with E-state index in [0.717, 1.165) is 0 Å². The molecule has 0 aliphatic carbocycles. The molecule has 0 unspecified atom stereocenters. The van der Waals surface area contributed by atoms with E-state index in [1.165, 1.54) is 0 Å². The van der Waals surface area contributed by atoms with E-state index in [-0.39, 0.29) is 31.4 Å². The Morgan fingerprint density at radius 2 is 1.88 bits per heavy atom. The topological polar surface area (TPSA) is 79.1 Å². The SMILES string of the molecule is CCC(=O)Nc1ccc(OC)c(OC)c1.O.[HH].[V]. The van der Waals surface area contributed by atoms with Gasteiger partial charge in [-0.15, -0.1) is 0 Å². The van der Waals surface area contributed by atoms with Gasteiger partial charge >= 0.3 is 0 Å². The van der Waals surface area contributed by atoms with Gasteiger partial charge in [0.15, 0.2) is 11.5 Å². The molecule has 0 fully saturated rings. The first-order valence-electron chi connectivity index (χ1n) is 4.73. The fourth-order valence-electron chi connectivity index (χ4n) is 1.16. The van der Waals surface area contributed by atoms with E-state index in [1.54, 1.807) is 39.3 Å². The molecule has 0 saturated heterocycles. The standard InChI is InChI=1S/C11H15NO3.H2O.V.H2/c1-4-11(13)12-8-5-6-9(14-2)10(7-8)15-3;;;/h5-7H,4H2,1-3H3,(H,12,13);1H2;;1H. The molecule has 1 rings (SSSR count). The second kappa shape index (κ2) is 8.93. The smallest absolute Gasteiger partial charge is 0.224 e. The number of rotatable bonds is 4. The van der Waals surface area contributed by atoms with Gasteiger partial charge in [0.05, 0.1) is 14.2 Å². The molecule has 1 aromatic rings. The summed E-state index contributed by atoms with van der Waals surface area (Å²) in [7, 11) is 3.13. The predicted octanol–water partition coefficient (Wildman–Crippen LogP) is 1.47. The van der Waals surface area contributed by atoms with Crippen LogP contribution < -0.4 is 14.8 Å². The van der Waals surface area contributed by atoms with Crippen LogP contribution in [0.3, 0.4) is 0 Å². The van der Waals surface area contributed by atoms with Gasteiger partial charge in [-0.25, -0.2) is 0 Å². The molecule has 0 aliphatic heterocycles. The predicted molar refractivity (Wildman–Crippen MR) is 64.2 cm³/mol. The van der Waals surface area contributed by atoms with Crippen molar-refractivity contribution >= 4 is 11.6 Å². The summed E-state index contributed by atoms with van der Waals surface area (Å²) in [5.74, 6) is 1.22. The molecule has 0 aliphatic rings. The molecule has 17 heavy (non-hydrogen) atoms. The van der Waals surface area contributed by atoms with Gasteiger partial charge in [0.1, 0.15) is 0 Å². The molecule has 1 radical (unpaired) electrons. The van der Waals surface area contributed by atoms with Gasteiger partial charge < -0.3 is 20.3 Å². The number of ether oxygens (including phenoxy) is 2. The molecule has 6 heteroatoms. The first-order chi connectivity index (χ1) is 7.21. The zero-order chi connectivity index (χ0) is 11.3. The van der Waals surface area contributed by atoms with Crippen LogP contribution in [-0.4, -0.2) is 25.6 Å². The zero-order valence-electron chi connectivity index (χ0n) is 10.1. The number of nitrogens with one attached hydrogen (secondary N) is 1. The molecule has 0 saturated carbocycles. The quantitative estimate of drug-likeness (QED) is 0.907. The summed E-state index contributed by atoms with van der Waals surface area (Å²) in [4.78, 5) is 11.2. The number of amides is 1. The van der Waals surface area contributed by atoms with Crippen LogP contribution in [0.2, 0.25) is 0 Å². The van der Waals surface area contributed by atoms with Gasteiger partial charge in [0.2, 0.25) is 5.91 Å². The van der Waals surface area contributed by atoms with Gasteiger partial charge in [-0.2, -0.15) is 0 Å². The largest absolute Gasteiger partial charge is 0.493 e. The number of hydrogen-bond acceptors (Lipinski definition) is 3. The summed E-state index contributed by atoms with van der Waals surface area (Å²) in [6, 6.07) is 5.26. The van der Waals surface area contributed by atoms with Gasteiger partial charge in [-0.3, -0.25) is 4.79 Å². The molecule has 97 valence electrons. The monoisotopic (exact) mass is 280 g/mol. The Balaban J connectivity index is -0.000000750. The third kappa shape index (κ3) is 5.13. The van der Waals surface area contributed by atoms with Gasteiger partial charge in [-0.1, -0.05) is 6.92 Å². The maximum absolute atomic E-state index is 11.2. The van der Waals surface area contributed by atoms with E-state index in [0.29, 0.717) is 23.6 Å². The minimum atomic E-state index is -0.0257. The van der Waals surface area contributed by atoms with Crippen molar-refractivity contribution in [2.24, 2.45) is 0 Å². The summed E-state index contributed by atoms with van der Waals surface area (Å²) in [6.45, 7) is 1.80.